The second kappa shape index (κ2) is 7.18. The van der Waals surface area contributed by atoms with Crippen LogP contribution < -0.4 is 10.1 Å². The molecule has 0 aromatic heterocycles. The number of ether oxygens (including phenoxy) is 1. The Kier molecular flexibility index (Phi) is 5.25. The summed E-state index contributed by atoms with van der Waals surface area (Å²) in [6.07, 6.45) is -0.639. The molecule has 4 nitrogen and oxygen atoms in total. The summed E-state index contributed by atoms with van der Waals surface area (Å²) >= 11 is 0. The van der Waals surface area contributed by atoms with E-state index in [0.29, 0.717) is 11.3 Å². The van der Waals surface area contributed by atoms with Crippen LogP contribution in [0.3, 0.4) is 0 Å². The van der Waals surface area contributed by atoms with E-state index in [1.165, 1.54) is 5.56 Å². The van der Waals surface area contributed by atoms with Gasteiger partial charge in [-0.05, 0) is 54.3 Å². The van der Waals surface area contributed by atoms with Gasteiger partial charge in [0.15, 0.2) is 6.10 Å². The van der Waals surface area contributed by atoms with E-state index >= 15 is 0 Å². The molecule has 0 unspecified atom stereocenters. The Hall–Kier alpha value is -2.80. The van der Waals surface area contributed by atoms with Gasteiger partial charge in [-0.25, -0.2) is 0 Å². The van der Waals surface area contributed by atoms with Gasteiger partial charge in [0.2, 0.25) is 0 Å². The predicted molar refractivity (Wildman–Crippen MR) is 95.0 cm³/mol. The monoisotopic (exact) mass is 322 g/mol. The topological polar surface area (TPSA) is 62.1 Å². The molecule has 0 heterocycles. The lowest BCUT2D eigenvalue weighted by Crippen LogP contribution is -2.30. The lowest BCUT2D eigenvalue weighted by molar-refractivity contribution is -0.122. The van der Waals surface area contributed by atoms with Crippen LogP contribution in [0.15, 0.2) is 48.5 Å². The Labute approximate surface area is 143 Å². The molecule has 0 radical (unpaired) electrons. The summed E-state index contributed by atoms with van der Waals surface area (Å²) in [5.74, 6) is 0.336. The third-order valence-corrected chi connectivity index (χ3v) is 3.68. The van der Waals surface area contributed by atoms with E-state index in [2.05, 4.69) is 26.1 Å². The number of amides is 1. The number of hydrogen-bond donors (Lipinski definition) is 1. The van der Waals surface area contributed by atoms with Crippen LogP contribution in [0.1, 0.15) is 38.8 Å². The minimum absolute atomic E-state index is 0.0779. The number of nitrogens with one attached hydrogen (secondary N) is 1. The Morgan fingerprint density at radius 1 is 1.08 bits per heavy atom. The maximum absolute atomic E-state index is 12.2. The van der Waals surface area contributed by atoms with E-state index in [-0.39, 0.29) is 11.3 Å². The molecule has 0 fully saturated rings. The summed E-state index contributed by atoms with van der Waals surface area (Å²) in [6.45, 7) is 8.13. The van der Waals surface area contributed by atoms with E-state index in [9.17, 15) is 4.79 Å². The molecule has 124 valence electrons. The molecule has 0 aliphatic rings. The lowest BCUT2D eigenvalue weighted by atomic mass is 9.87. The molecule has 0 bridgehead atoms. The smallest absolute Gasteiger partial charge is 0.265 e. The fourth-order valence-corrected chi connectivity index (χ4v) is 2.16. The highest BCUT2D eigenvalue weighted by Gasteiger charge is 2.16. The molecule has 0 saturated heterocycles. The molecule has 0 spiro atoms. The summed E-state index contributed by atoms with van der Waals surface area (Å²) < 4.78 is 5.60. The van der Waals surface area contributed by atoms with Gasteiger partial charge in [-0.15, -0.1) is 0 Å². The van der Waals surface area contributed by atoms with Crippen molar-refractivity contribution in [1.29, 1.82) is 5.26 Å². The summed E-state index contributed by atoms with van der Waals surface area (Å²) in [5.41, 5.74) is 2.58. The minimum atomic E-state index is -0.639. The normalized spacial score (nSPS) is 12.1. The number of carbonyl (C=O) groups excluding carboxylic acids is 1. The zero-order valence-corrected chi connectivity index (χ0v) is 14.5. The second-order valence-corrected chi connectivity index (χ2v) is 6.71. The molecule has 1 N–H and O–H groups in total. The maximum Gasteiger partial charge on any atom is 0.265 e. The molecular formula is C20H22N2O2. The summed E-state index contributed by atoms with van der Waals surface area (Å²) in [5, 5.41) is 11.6. The van der Waals surface area contributed by atoms with E-state index in [4.69, 9.17) is 10.00 Å². The van der Waals surface area contributed by atoms with Crippen molar-refractivity contribution in [2.24, 2.45) is 0 Å². The highest BCUT2D eigenvalue weighted by atomic mass is 16.5. The third kappa shape index (κ3) is 4.60. The van der Waals surface area contributed by atoms with Gasteiger partial charge in [-0.1, -0.05) is 32.9 Å². The van der Waals surface area contributed by atoms with E-state index in [1.54, 1.807) is 31.2 Å². The summed E-state index contributed by atoms with van der Waals surface area (Å²) in [4.78, 5) is 12.2. The summed E-state index contributed by atoms with van der Waals surface area (Å²) in [7, 11) is 0. The number of carbonyl (C=O) groups is 1. The first-order valence-electron chi connectivity index (χ1n) is 7.88. The minimum Gasteiger partial charge on any atom is -0.481 e. The second-order valence-electron chi connectivity index (χ2n) is 6.71. The number of anilines is 1. The van der Waals surface area contributed by atoms with Gasteiger partial charge in [0.05, 0.1) is 11.6 Å². The maximum atomic E-state index is 12.2. The fraction of sp³-hybridized carbons (Fsp3) is 0.300. The van der Waals surface area contributed by atoms with Crippen LogP contribution in [-0.4, -0.2) is 12.0 Å². The molecule has 2 rings (SSSR count). The van der Waals surface area contributed by atoms with Gasteiger partial charge in [0.25, 0.3) is 5.91 Å². The number of rotatable bonds is 4. The van der Waals surface area contributed by atoms with Crippen molar-refractivity contribution < 1.29 is 9.53 Å². The van der Waals surface area contributed by atoms with Crippen LogP contribution in [0, 0.1) is 11.3 Å². The molecule has 1 amide bonds. The average molecular weight is 322 g/mol. The van der Waals surface area contributed by atoms with Gasteiger partial charge in [0, 0.05) is 5.69 Å². The average Bonchev–Trinajstić information content (AvgIpc) is 2.55. The SMILES string of the molecule is C[C@@H](Oc1ccc(C#N)cc1)C(=O)Nc1ccc(C(C)(C)C)cc1. The Morgan fingerprint density at radius 3 is 2.17 bits per heavy atom. The van der Waals surface area contributed by atoms with Crippen LogP contribution in [0.5, 0.6) is 5.75 Å². The molecular weight excluding hydrogens is 300 g/mol. The van der Waals surface area contributed by atoms with Gasteiger partial charge >= 0.3 is 0 Å². The van der Waals surface area contributed by atoms with Gasteiger partial charge in [0.1, 0.15) is 5.75 Å². The van der Waals surface area contributed by atoms with Crippen molar-refractivity contribution in [2.45, 2.75) is 39.2 Å². The number of benzene rings is 2. The zero-order valence-electron chi connectivity index (χ0n) is 14.5. The third-order valence-electron chi connectivity index (χ3n) is 3.68. The molecule has 24 heavy (non-hydrogen) atoms. The highest BCUT2D eigenvalue weighted by Crippen LogP contribution is 2.23. The standard InChI is InChI=1S/C20H22N2O2/c1-14(24-18-11-5-15(13-21)6-12-18)19(23)22-17-9-7-16(8-10-17)20(2,3)4/h5-12,14H,1-4H3,(H,22,23)/t14-/m1/s1. The first kappa shape index (κ1) is 17.6. The first-order chi connectivity index (χ1) is 11.3. The molecule has 0 aliphatic carbocycles. The van der Waals surface area contributed by atoms with Gasteiger partial charge < -0.3 is 10.1 Å². The molecule has 1 atom stereocenters. The van der Waals surface area contributed by atoms with Gasteiger partial charge in [-0.2, -0.15) is 5.26 Å². The van der Waals surface area contributed by atoms with Crippen molar-refractivity contribution in [3.05, 3.63) is 59.7 Å². The zero-order chi connectivity index (χ0) is 17.7. The van der Waals surface area contributed by atoms with Crippen LogP contribution in [-0.2, 0) is 10.2 Å². The first-order valence-corrected chi connectivity index (χ1v) is 7.88. The van der Waals surface area contributed by atoms with Gasteiger partial charge in [-0.3, -0.25) is 4.79 Å². The van der Waals surface area contributed by atoms with Crippen molar-refractivity contribution in [1.82, 2.24) is 0 Å². The van der Waals surface area contributed by atoms with Crippen molar-refractivity contribution in [2.75, 3.05) is 5.32 Å². The lowest BCUT2D eigenvalue weighted by Gasteiger charge is -2.19. The Bertz CT molecular complexity index is 735. The molecule has 2 aromatic rings. The van der Waals surface area contributed by atoms with Crippen molar-refractivity contribution in [3.8, 4) is 11.8 Å². The predicted octanol–water partition coefficient (Wildman–Crippen LogP) is 4.26. The number of hydrogen-bond acceptors (Lipinski definition) is 3. The number of nitriles is 1. The van der Waals surface area contributed by atoms with Crippen molar-refractivity contribution >= 4 is 11.6 Å². The largest absolute Gasteiger partial charge is 0.481 e. The molecule has 2 aromatic carbocycles. The number of nitrogens with zero attached hydrogens (tertiary/aromatic N) is 1. The summed E-state index contributed by atoms with van der Waals surface area (Å²) in [6, 6.07) is 16.5. The van der Waals surface area contributed by atoms with Crippen LogP contribution in [0.25, 0.3) is 0 Å². The Balaban J connectivity index is 1.97. The van der Waals surface area contributed by atoms with E-state index in [1.807, 2.05) is 30.3 Å². The van der Waals surface area contributed by atoms with Crippen LogP contribution >= 0.6 is 0 Å². The molecule has 0 saturated carbocycles. The van der Waals surface area contributed by atoms with E-state index < -0.39 is 6.10 Å². The van der Waals surface area contributed by atoms with E-state index in [0.717, 1.165) is 5.69 Å². The fourth-order valence-electron chi connectivity index (χ4n) is 2.16. The van der Waals surface area contributed by atoms with Crippen LogP contribution in [0.2, 0.25) is 0 Å². The highest BCUT2D eigenvalue weighted by molar-refractivity contribution is 5.94. The molecule has 0 aliphatic heterocycles. The molecule has 4 heteroatoms. The Morgan fingerprint density at radius 2 is 1.67 bits per heavy atom. The van der Waals surface area contributed by atoms with Crippen molar-refractivity contribution in [3.63, 3.8) is 0 Å². The van der Waals surface area contributed by atoms with Crippen LogP contribution in [0.4, 0.5) is 5.69 Å². The quantitative estimate of drug-likeness (QED) is 0.914.